The predicted octanol–water partition coefficient (Wildman–Crippen LogP) is 5.40. The Balaban J connectivity index is 1.70. The summed E-state index contributed by atoms with van der Waals surface area (Å²) < 4.78 is 6.10. The van der Waals surface area contributed by atoms with E-state index in [-0.39, 0.29) is 23.1 Å². The van der Waals surface area contributed by atoms with Crippen LogP contribution in [-0.4, -0.2) is 16.7 Å². The van der Waals surface area contributed by atoms with E-state index in [4.69, 9.17) is 4.74 Å². The van der Waals surface area contributed by atoms with Crippen LogP contribution in [0, 0.1) is 0 Å². The fourth-order valence-electron chi connectivity index (χ4n) is 4.67. The highest BCUT2D eigenvalue weighted by molar-refractivity contribution is 6.27. The van der Waals surface area contributed by atoms with E-state index < -0.39 is 5.92 Å². The molecule has 2 aliphatic rings. The third-order valence-electron chi connectivity index (χ3n) is 6.04. The van der Waals surface area contributed by atoms with E-state index in [1.54, 1.807) is 36.4 Å². The van der Waals surface area contributed by atoms with Crippen LogP contribution in [-0.2, 0) is 0 Å². The van der Waals surface area contributed by atoms with E-state index >= 15 is 0 Å². The first-order chi connectivity index (χ1) is 15.1. The molecular weight excluding hydrogens is 388 g/mol. The number of phenolic OH excluding ortho intramolecular Hbond substituents is 1. The standard InChI is InChI=1S/C27H16O4/c28-17-12-10-15-11-13-21-23(20(15)14-17)22(16-6-2-1-3-7-16)24-25(29)18-8-4-5-9-19(18)26(30)27(24)31-21/h1-14,22,28H. The fraction of sp³-hybridized carbons (Fsp3) is 0.0370. The molecule has 148 valence electrons. The number of hydrogen-bond donors (Lipinski definition) is 1. The van der Waals surface area contributed by atoms with Crippen LogP contribution in [0.1, 0.15) is 37.8 Å². The van der Waals surface area contributed by atoms with Gasteiger partial charge in [0.1, 0.15) is 11.5 Å². The molecule has 0 saturated carbocycles. The Labute approximate surface area is 178 Å². The van der Waals surface area contributed by atoms with E-state index in [2.05, 4.69) is 0 Å². The van der Waals surface area contributed by atoms with Gasteiger partial charge in [0.25, 0.3) is 0 Å². The molecule has 0 aromatic heterocycles. The van der Waals surface area contributed by atoms with Crippen LogP contribution in [0.5, 0.6) is 11.5 Å². The van der Waals surface area contributed by atoms with Gasteiger partial charge < -0.3 is 9.84 Å². The number of ether oxygens (including phenoxy) is 1. The lowest BCUT2D eigenvalue weighted by Gasteiger charge is -2.33. The van der Waals surface area contributed by atoms with Crippen LogP contribution in [0.2, 0.25) is 0 Å². The zero-order valence-corrected chi connectivity index (χ0v) is 16.3. The van der Waals surface area contributed by atoms with Gasteiger partial charge in [0.15, 0.2) is 11.5 Å². The molecule has 0 fully saturated rings. The minimum Gasteiger partial charge on any atom is -0.508 e. The Bertz CT molecular complexity index is 1450. The molecule has 4 aromatic rings. The average Bonchev–Trinajstić information content (AvgIpc) is 2.81. The van der Waals surface area contributed by atoms with E-state index in [0.29, 0.717) is 22.4 Å². The molecular formula is C27H16O4. The molecule has 6 rings (SSSR count). The molecule has 1 heterocycles. The Morgan fingerprint density at radius 1 is 0.742 bits per heavy atom. The molecule has 1 atom stereocenters. The summed E-state index contributed by atoms with van der Waals surface area (Å²) >= 11 is 0. The Hall–Kier alpha value is -4.18. The summed E-state index contributed by atoms with van der Waals surface area (Å²) in [5.74, 6) is -0.246. The van der Waals surface area contributed by atoms with Gasteiger partial charge in [-0.3, -0.25) is 9.59 Å². The van der Waals surface area contributed by atoms with Crippen LogP contribution in [0.25, 0.3) is 10.8 Å². The molecule has 1 aliphatic carbocycles. The highest BCUT2D eigenvalue weighted by atomic mass is 16.5. The summed E-state index contributed by atoms with van der Waals surface area (Å²) in [4.78, 5) is 27.0. The number of rotatable bonds is 1. The maximum Gasteiger partial charge on any atom is 0.229 e. The van der Waals surface area contributed by atoms with Crippen molar-refractivity contribution in [2.45, 2.75) is 5.92 Å². The van der Waals surface area contributed by atoms with Crippen molar-refractivity contribution in [1.29, 1.82) is 0 Å². The lowest BCUT2D eigenvalue weighted by atomic mass is 9.74. The number of Topliss-reactive ketones (excluding diaryl/α,β-unsaturated/α-hetero) is 2. The molecule has 0 radical (unpaired) electrons. The monoisotopic (exact) mass is 404 g/mol. The number of carbonyl (C=O) groups is 2. The van der Waals surface area contributed by atoms with Crippen LogP contribution in [0.4, 0.5) is 0 Å². The van der Waals surface area contributed by atoms with Gasteiger partial charge in [0.2, 0.25) is 5.78 Å². The maximum absolute atomic E-state index is 13.7. The van der Waals surface area contributed by atoms with Crippen LogP contribution >= 0.6 is 0 Å². The smallest absolute Gasteiger partial charge is 0.229 e. The van der Waals surface area contributed by atoms with Crippen molar-refractivity contribution in [2.24, 2.45) is 0 Å². The van der Waals surface area contributed by atoms with Crippen molar-refractivity contribution in [2.75, 3.05) is 0 Å². The SMILES string of the molecule is O=C1C2=C(C(=O)c3ccccc31)C(c1ccccc1)c1c(ccc3ccc(O)cc13)O2. The summed E-state index contributed by atoms with van der Waals surface area (Å²) in [7, 11) is 0. The summed E-state index contributed by atoms with van der Waals surface area (Å²) in [6.07, 6.45) is 0. The zero-order valence-electron chi connectivity index (χ0n) is 16.3. The normalized spacial score (nSPS) is 17.1. The van der Waals surface area contributed by atoms with Gasteiger partial charge >= 0.3 is 0 Å². The lowest BCUT2D eigenvalue weighted by Crippen LogP contribution is -2.31. The number of fused-ring (bicyclic) bond motifs is 4. The van der Waals surface area contributed by atoms with Gasteiger partial charge in [0.05, 0.1) is 5.57 Å². The quantitative estimate of drug-likeness (QED) is 0.461. The van der Waals surface area contributed by atoms with Crippen LogP contribution < -0.4 is 4.74 Å². The highest BCUT2D eigenvalue weighted by Gasteiger charge is 2.43. The zero-order chi connectivity index (χ0) is 21.1. The summed E-state index contributed by atoms with van der Waals surface area (Å²) in [6, 6.07) is 25.4. The Morgan fingerprint density at radius 3 is 2.19 bits per heavy atom. The lowest BCUT2D eigenvalue weighted by molar-refractivity contribution is 0.0927. The van der Waals surface area contributed by atoms with Crippen LogP contribution in [0.3, 0.4) is 0 Å². The fourth-order valence-corrected chi connectivity index (χ4v) is 4.67. The van der Waals surface area contributed by atoms with E-state index in [1.165, 1.54) is 0 Å². The number of carbonyl (C=O) groups excluding carboxylic acids is 2. The molecule has 1 N–H and O–H groups in total. The average molecular weight is 404 g/mol. The topological polar surface area (TPSA) is 63.6 Å². The first-order valence-corrected chi connectivity index (χ1v) is 10.0. The summed E-state index contributed by atoms with van der Waals surface area (Å²) in [5.41, 5.74) is 2.76. The second kappa shape index (κ2) is 6.41. The molecule has 1 unspecified atom stereocenters. The van der Waals surface area contributed by atoms with E-state index in [1.807, 2.05) is 48.5 Å². The second-order valence-corrected chi connectivity index (χ2v) is 7.78. The number of phenols is 1. The third-order valence-corrected chi connectivity index (χ3v) is 6.04. The van der Waals surface area contributed by atoms with Crippen molar-refractivity contribution < 1.29 is 19.4 Å². The molecule has 4 nitrogen and oxygen atoms in total. The van der Waals surface area contributed by atoms with Crippen LogP contribution in [0.15, 0.2) is 96.3 Å². The first-order valence-electron chi connectivity index (χ1n) is 10.0. The molecule has 4 aromatic carbocycles. The second-order valence-electron chi connectivity index (χ2n) is 7.78. The van der Waals surface area contributed by atoms with Gasteiger partial charge in [-0.25, -0.2) is 0 Å². The molecule has 0 amide bonds. The molecule has 0 spiro atoms. The third kappa shape index (κ3) is 2.48. The van der Waals surface area contributed by atoms with Crippen molar-refractivity contribution in [3.05, 3.63) is 119 Å². The first kappa shape index (κ1) is 17.7. The van der Waals surface area contributed by atoms with E-state index in [9.17, 15) is 14.7 Å². The van der Waals surface area contributed by atoms with Gasteiger partial charge in [-0.15, -0.1) is 0 Å². The molecule has 31 heavy (non-hydrogen) atoms. The van der Waals surface area contributed by atoms with Gasteiger partial charge in [-0.2, -0.15) is 0 Å². The number of hydrogen-bond acceptors (Lipinski definition) is 4. The summed E-state index contributed by atoms with van der Waals surface area (Å²) in [6.45, 7) is 0. The molecule has 0 bridgehead atoms. The number of ketones is 2. The predicted molar refractivity (Wildman–Crippen MR) is 117 cm³/mol. The van der Waals surface area contributed by atoms with Crippen molar-refractivity contribution in [1.82, 2.24) is 0 Å². The molecule has 1 aliphatic heterocycles. The number of aromatic hydroxyl groups is 1. The van der Waals surface area contributed by atoms with Gasteiger partial charge in [-0.1, -0.05) is 66.7 Å². The Kier molecular flexibility index (Phi) is 3.65. The van der Waals surface area contributed by atoms with Crippen molar-refractivity contribution >= 4 is 22.3 Å². The minimum atomic E-state index is -0.491. The van der Waals surface area contributed by atoms with Gasteiger partial charge in [-0.05, 0) is 34.5 Å². The number of benzene rings is 4. The molecule has 4 heteroatoms. The summed E-state index contributed by atoms with van der Waals surface area (Å²) in [5, 5.41) is 11.9. The molecule has 0 saturated heterocycles. The van der Waals surface area contributed by atoms with E-state index in [0.717, 1.165) is 21.9 Å². The number of allylic oxidation sites excluding steroid dienone is 2. The Morgan fingerprint density at radius 2 is 1.42 bits per heavy atom. The minimum absolute atomic E-state index is 0.0876. The van der Waals surface area contributed by atoms with Crippen molar-refractivity contribution in [3.8, 4) is 11.5 Å². The highest BCUT2D eigenvalue weighted by Crippen LogP contribution is 2.49. The van der Waals surface area contributed by atoms with Gasteiger partial charge in [0, 0.05) is 22.6 Å². The van der Waals surface area contributed by atoms with Crippen molar-refractivity contribution in [3.63, 3.8) is 0 Å². The largest absolute Gasteiger partial charge is 0.508 e. The maximum atomic E-state index is 13.7.